The quantitative estimate of drug-likeness (QED) is 0.712. The molecule has 1 saturated heterocycles. The number of benzene rings is 1. The predicted octanol–water partition coefficient (Wildman–Crippen LogP) is 1.05. The van der Waals surface area contributed by atoms with Gasteiger partial charge in [0.1, 0.15) is 12.1 Å². The number of nitrogens with two attached hydrogens (primary N) is 1. The molecule has 1 aliphatic rings. The van der Waals surface area contributed by atoms with Crippen LogP contribution in [-0.2, 0) is 0 Å². The number of hydrogen-bond donors (Lipinski definition) is 3. The number of ether oxygens (including phenoxy) is 2. The number of amides is 2. The van der Waals surface area contributed by atoms with Gasteiger partial charge in [0.15, 0.2) is 11.5 Å². The Kier molecular flexibility index (Phi) is 4.79. The first kappa shape index (κ1) is 16.4. The van der Waals surface area contributed by atoms with E-state index in [4.69, 9.17) is 15.2 Å². The molecule has 1 aromatic carbocycles. The Morgan fingerprint density at radius 1 is 1.21 bits per heavy atom. The number of hydrogen-bond acceptors (Lipinski definition) is 6. The molecule has 0 radical (unpaired) electrons. The Morgan fingerprint density at radius 3 is 2.50 bits per heavy atom. The average molecular weight is 351 g/mol. The van der Waals surface area contributed by atoms with Gasteiger partial charge in [-0.2, -0.15) is 11.1 Å². The monoisotopic (exact) mass is 351 g/mol. The third-order valence-electron chi connectivity index (χ3n) is 3.97. The van der Waals surface area contributed by atoms with Gasteiger partial charge >= 0.3 is 6.03 Å². The molecule has 130 valence electrons. The number of fused-ring (bicyclic) bond motifs is 1. The largest absolute Gasteiger partial charge is 0.493 e. The minimum atomic E-state index is -0.543. The Morgan fingerprint density at radius 2 is 1.88 bits per heavy atom. The van der Waals surface area contributed by atoms with E-state index in [1.165, 1.54) is 0 Å². The fourth-order valence-electron chi connectivity index (χ4n) is 2.81. The van der Waals surface area contributed by atoms with E-state index in [-0.39, 0.29) is 0 Å². The number of nitrogens with one attached hydrogen (secondary N) is 1. The number of carbonyl (C=O) groups is 1. The number of thiol groups is 1. The molecule has 0 spiro atoms. The van der Waals surface area contributed by atoms with Crippen LogP contribution in [-0.4, -0.2) is 54.8 Å². The standard InChI is InChI=1S/C15H21N5O3S/c1-22-12-7-10-11(8-13(12)23-2)17-9-18-14(10)20-3-5-24(6-4-20)19-15(16)21/h7-9,24H,3-6H2,1-2H3,(H3,16,19,21). The molecular weight excluding hydrogens is 330 g/mol. The van der Waals surface area contributed by atoms with Gasteiger partial charge in [0.2, 0.25) is 0 Å². The number of urea groups is 1. The zero-order valence-corrected chi connectivity index (χ0v) is 14.5. The van der Waals surface area contributed by atoms with Crippen LogP contribution >= 0.6 is 11.1 Å². The van der Waals surface area contributed by atoms with Crippen molar-refractivity contribution in [2.24, 2.45) is 5.73 Å². The van der Waals surface area contributed by atoms with Crippen LogP contribution in [0.4, 0.5) is 10.6 Å². The molecule has 1 fully saturated rings. The Labute approximate surface area is 142 Å². The summed E-state index contributed by atoms with van der Waals surface area (Å²) in [5.74, 6) is 3.93. The van der Waals surface area contributed by atoms with Gasteiger partial charge in [-0.3, -0.25) is 0 Å². The van der Waals surface area contributed by atoms with Crippen LogP contribution < -0.4 is 24.8 Å². The van der Waals surface area contributed by atoms with E-state index in [2.05, 4.69) is 19.6 Å². The summed E-state index contributed by atoms with van der Waals surface area (Å²) in [6, 6.07) is 3.31. The maximum Gasteiger partial charge on any atom is 0.320 e. The number of aromatic nitrogens is 2. The second kappa shape index (κ2) is 7.00. The van der Waals surface area contributed by atoms with Gasteiger partial charge in [-0.25, -0.2) is 14.8 Å². The van der Waals surface area contributed by atoms with E-state index in [9.17, 15) is 4.79 Å². The van der Waals surface area contributed by atoms with Gasteiger partial charge in [-0.1, -0.05) is 0 Å². The van der Waals surface area contributed by atoms with E-state index < -0.39 is 17.1 Å². The Balaban J connectivity index is 1.89. The van der Waals surface area contributed by atoms with Gasteiger partial charge < -0.3 is 24.8 Å². The number of rotatable bonds is 4. The highest BCUT2D eigenvalue weighted by Crippen LogP contribution is 2.36. The fourth-order valence-corrected chi connectivity index (χ4v) is 4.53. The van der Waals surface area contributed by atoms with Crippen LogP contribution in [0.2, 0.25) is 0 Å². The number of methoxy groups -OCH3 is 2. The SMILES string of the molecule is COc1cc2ncnc(N3CC[SH](NC(N)=O)CC3)c2cc1OC. The molecule has 9 heteroatoms. The van der Waals surface area contributed by atoms with E-state index in [1.807, 2.05) is 12.1 Å². The highest BCUT2D eigenvalue weighted by Gasteiger charge is 2.21. The minimum Gasteiger partial charge on any atom is -0.493 e. The second-order valence-electron chi connectivity index (χ2n) is 5.37. The molecule has 8 nitrogen and oxygen atoms in total. The first-order chi connectivity index (χ1) is 11.6. The van der Waals surface area contributed by atoms with Crippen LogP contribution in [0.5, 0.6) is 11.5 Å². The lowest BCUT2D eigenvalue weighted by Gasteiger charge is -2.35. The first-order valence-electron chi connectivity index (χ1n) is 7.55. The Hall–Kier alpha value is -2.42. The summed E-state index contributed by atoms with van der Waals surface area (Å²) in [4.78, 5) is 22.0. The number of nitrogens with zero attached hydrogens (tertiary/aromatic N) is 3. The maximum absolute atomic E-state index is 11.0. The number of primary amides is 1. The summed E-state index contributed by atoms with van der Waals surface area (Å²) < 4.78 is 13.6. The molecule has 0 bridgehead atoms. The summed E-state index contributed by atoms with van der Waals surface area (Å²) in [5, 5.41) is 0.921. The smallest absolute Gasteiger partial charge is 0.320 e. The molecule has 2 heterocycles. The molecule has 2 aromatic rings. The molecule has 1 aromatic heterocycles. The van der Waals surface area contributed by atoms with E-state index in [1.54, 1.807) is 20.5 Å². The predicted molar refractivity (Wildman–Crippen MR) is 96.3 cm³/mol. The van der Waals surface area contributed by atoms with Gasteiger partial charge in [-0.15, -0.1) is 0 Å². The summed E-state index contributed by atoms with van der Waals surface area (Å²) >= 11 is -0.543. The van der Waals surface area contributed by atoms with Gasteiger partial charge in [-0.05, 0) is 6.07 Å². The lowest BCUT2D eigenvalue weighted by molar-refractivity contribution is 0.254. The maximum atomic E-state index is 11.0. The summed E-state index contributed by atoms with van der Waals surface area (Å²) in [7, 11) is 3.21. The van der Waals surface area contributed by atoms with Crippen LogP contribution in [0.3, 0.4) is 0 Å². The average Bonchev–Trinajstić information content (AvgIpc) is 2.60. The second-order valence-corrected chi connectivity index (χ2v) is 7.57. The highest BCUT2D eigenvalue weighted by molar-refractivity contribution is 8.15. The van der Waals surface area contributed by atoms with E-state index in [0.29, 0.717) is 11.5 Å². The third kappa shape index (κ3) is 3.25. The molecule has 0 aliphatic carbocycles. The van der Waals surface area contributed by atoms with Crippen molar-refractivity contribution in [3.63, 3.8) is 0 Å². The molecule has 3 rings (SSSR count). The van der Waals surface area contributed by atoms with Crippen LogP contribution in [0.25, 0.3) is 10.9 Å². The summed E-state index contributed by atoms with van der Waals surface area (Å²) in [6.07, 6.45) is 1.56. The van der Waals surface area contributed by atoms with E-state index >= 15 is 0 Å². The van der Waals surface area contributed by atoms with Crippen molar-refractivity contribution in [3.05, 3.63) is 18.5 Å². The zero-order valence-electron chi connectivity index (χ0n) is 13.7. The first-order valence-corrected chi connectivity index (χ1v) is 9.26. The number of carbonyl (C=O) groups excluding carboxylic acids is 1. The van der Waals surface area contributed by atoms with Crippen LogP contribution in [0, 0.1) is 0 Å². The molecule has 0 atom stereocenters. The molecule has 3 N–H and O–H groups in total. The minimum absolute atomic E-state index is 0.445. The van der Waals surface area contributed by atoms with Gasteiger partial charge in [0.25, 0.3) is 0 Å². The van der Waals surface area contributed by atoms with Crippen LogP contribution in [0.15, 0.2) is 18.5 Å². The zero-order chi connectivity index (χ0) is 17.1. The molecule has 0 saturated carbocycles. The van der Waals surface area contributed by atoms with E-state index in [0.717, 1.165) is 41.3 Å². The van der Waals surface area contributed by atoms with Crippen molar-refractivity contribution >= 4 is 33.8 Å². The Bertz CT molecular complexity index is 749. The van der Waals surface area contributed by atoms with Crippen molar-refractivity contribution < 1.29 is 14.3 Å². The molecule has 2 amide bonds. The van der Waals surface area contributed by atoms with Gasteiger partial charge in [0, 0.05) is 36.0 Å². The number of anilines is 1. The van der Waals surface area contributed by atoms with Gasteiger partial charge in [0.05, 0.1) is 19.7 Å². The molecular formula is C15H21N5O3S. The van der Waals surface area contributed by atoms with Crippen LogP contribution in [0.1, 0.15) is 0 Å². The molecule has 24 heavy (non-hydrogen) atoms. The van der Waals surface area contributed by atoms with Crippen molar-refractivity contribution in [1.82, 2.24) is 14.7 Å². The molecule has 1 aliphatic heterocycles. The summed E-state index contributed by atoms with van der Waals surface area (Å²) in [6.45, 7) is 1.62. The highest BCUT2D eigenvalue weighted by atomic mass is 32.2. The lowest BCUT2D eigenvalue weighted by Crippen LogP contribution is -2.40. The molecule has 0 unspecified atom stereocenters. The third-order valence-corrected chi connectivity index (χ3v) is 5.98. The van der Waals surface area contributed by atoms with Crippen molar-refractivity contribution in [2.75, 3.05) is 43.7 Å². The summed E-state index contributed by atoms with van der Waals surface area (Å²) in [5.41, 5.74) is 6.02. The normalized spacial score (nSPS) is 16.1. The lowest BCUT2D eigenvalue weighted by atomic mass is 10.2. The van der Waals surface area contributed by atoms with Crippen molar-refractivity contribution in [1.29, 1.82) is 0 Å². The van der Waals surface area contributed by atoms with Crippen molar-refractivity contribution in [2.45, 2.75) is 0 Å². The van der Waals surface area contributed by atoms with Crippen molar-refractivity contribution in [3.8, 4) is 11.5 Å². The topological polar surface area (TPSA) is 103 Å². The fraction of sp³-hybridized carbons (Fsp3) is 0.400.